The topological polar surface area (TPSA) is 35.5 Å². The zero-order valence-electron chi connectivity index (χ0n) is 9.24. The first-order valence-electron chi connectivity index (χ1n) is 5.11. The SMILES string of the molecule is COc1ccc(CC(=O)OCCCCl)cc1. The maximum atomic E-state index is 11.3. The lowest BCUT2D eigenvalue weighted by Gasteiger charge is -2.04. The van der Waals surface area contributed by atoms with Crippen molar-refractivity contribution in [2.45, 2.75) is 12.8 Å². The smallest absolute Gasteiger partial charge is 0.310 e. The van der Waals surface area contributed by atoms with Crippen molar-refractivity contribution in [2.75, 3.05) is 19.6 Å². The van der Waals surface area contributed by atoms with Crippen molar-refractivity contribution in [3.05, 3.63) is 29.8 Å². The highest BCUT2D eigenvalue weighted by molar-refractivity contribution is 6.17. The number of alkyl halides is 1. The largest absolute Gasteiger partial charge is 0.497 e. The monoisotopic (exact) mass is 242 g/mol. The van der Waals surface area contributed by atoms with Crippen molar-refractivity contribution < 1.29 is 14.3 Å². The molecule has 1 aromatic carbocycles. The standard InChI is InChI=1S/C12H15ClO3/c1-15-11-5-3-10(4-6-11)9-12(14)16-8-2-7-13/h3-6H,2,7-9H2,1H3. The molecule has 0 aromatic heterocycles. The summed E-state index contributed by atoms with van der Waals surface area (Å²) in [6.45, 7) is 0.387. The molecule has 0 radical (unpaired) electrons. The van der Waals surface area contributed by atoms with E-state index in [1.807, 2.05) is 24.3 Å². The fourth-order valence-electron chi connectivity index (χ4n) is 1.20. The lowest BCUT2D eigenvalue weighted by Crippen LogP contribution is -2.09. The van der Waals surface area contributed by atoms with Crippen LogP contribution in [0.4, 0.5) is 0 Å². The van der Waals surface area contributed by atoms with Crippen molar-refractivity contribution in [1.29, 1.82) is 0 Å². The number of hydrogen-bond donors (Lipinski definition) is 0. The van der Waals surface area contributed by atoms with Gasteiger partial charge in [-0.1, -0.05) is 12.1 Å². The van der Waals surface area contributed by atoms with Crippen LogP contribution in [0.25, 0.3) is 0 Å². The number of carbonyl (C=O) groups is 1. The van der Waals surface area contributed by atoms with Crippen molar-refractivity contribution in [3.63, 3.8) is 0 Å². The van der Waals surface area contributed by atoms with E-state index < -0.39 is 0 Å². The Hall–Kier alpha value is -1.22. The van der Waals surface area contributed by atoms with E-state index in [1.165, 1.54) is 0 Å². The second kappa shape index (κ2) is 7.12. The van der Waals surface area contributed by atoms with Gasteiger partial charge in [0.25, 0.3) is 0 Å². The normalized spacial score (nSPS) is 9.88. The number of rotatable bonds is 6. The summed E-state index contributed by atoms with van der Waals surface area (Å²) in [6, 6.07) is 7.34. The number of carbonyl (C=O) groups excluding carboxylic acids is 1. The second-order valence-corrected chi connectivity index (χ2v) is 3.67. The van der Waals surface area contributed by atoms with Crippen LogP contribution in [0.1, 0.15) is 12.0 Å². The van der Waals surface area contributed by atoms with Gasteiger partial charge in [-0.25, -0.2) is 0 Å². The second-order valence-electron chi connectivity index (χ2n) is 3.29. The molecule has 1 aromatic rings. The Morgan fingerprint density at radius 1 is 1.31 bits per heavy atom. The van der Waals surface area contributed by atoms with Crippen LogP contribution in [0.15, 0.2) is 24.3 Å². The Morgan fingerprint density at radius 2 is 2.00 bits per heavy atom. The Balaban J connectivity index is 2.37. The molecule has 0 aliphatic rings. The van der Waals surface area contributed by atoms with E-state index in [9.17, 15) is 4.79 Å². The highest BCUT2D eigenvalue weighted by atomic mass is 35.5. The molecule has 0 aliphatic heterocycles. The Kier molecular flexibility index (Phi) is 5.72. The number of esters is 1. The van der Waals surface area contributed by atoms with Gasteiger partial charge in [-0.2, -0.15) is 0 Å². The minimum Gasteiger partial charge on any atom is -0.497 e. The van der Waals surface area contributed by atoms with Crippen molar-refractivity contribution in [2.24, 2.45) is 0 Å². The molecule has 0 aliphatic carbocycles. The maximum Gasteiger partial charge on any atom is 0.310 e. The molecule has 0 saturated heterocycles. The molecule has 88 valence electrons. The van der Waals surface area contributed by atoms with Crippen molar-refractivity contribution >= 4 is 17.6 Å². The molecule has 0 saturated carbocycles. The van der Waals surface area contributed by atoms with Crippen molar-refractivity contribution in [3.8, 4) is 5.75 Å². The fourth-order valence-corrected chi connectivity index (χ4v) is 1.31. The summed E-state index contributed by atoms with van der Waals surface area (Å²) in [6.07, 6.45) is 0.974. The van der Waals surface area contributed by atoms with Gasteiger partial charge in [-0.3, -0.25) is 4.79 Å². The fraction of sp³-hybridized carbons (Fsp3) is 0.417. The van der Waals surface area contributed by atoms with Gasteiger partial charge < -0.3 is 9.47 Å². The quantitative estimate of drug-likeness (QED) is 0.437. The van der Waals surface area contributed by atoms with Crippen LogP contribution in [-0.2, 0) is 16.0 Å². The highest BCUT2D eigenvalue weighted by Crippen LogP contribution is 2.11. The summed E-state index contributed by atoms with van der Waals surface area (Å²) in [5.74, 6) is 1.06. The number of methoxy groups -OCH3 is 1. The molecule has 0 amide bonds. The average molecular weight is 243 g/mol. The molecule has 4 heteroatoms. The molecule has 1 rings (SSSR count). The predicted octanol–water partition coefficient (Wildman–Crippen LogP) is 2.41. The summed E-state index contributed by atoms with van der Waals surface area (Å²) in [5.41, 5.74) is 0.914. The van der Waals surface area contributed by atoms with Gasteiger partial charge in [0.2, 0.25) is 0 Å². The first-order chi connectivity index (χ1) is 7.76. The van der Waals surface area contributed by atoms with E-state index >= 15 is 0 Å². The first kappa shape index (κ1) is 12.8. The number of hydrogen-bond acceptors (Lipinski definition) is 3. The van der Waals surface area contributed by atoms with E-state index in [-0.39, 0.29) is 12.4 Å². The molecule has 3 nitrogen and oxygen atoms in total. The molecule has 0 fully saturated rings. The van der Waals surface area contributed by atoms with E-state index in [1.54, 1.807) is 7.11 Å². The molecular formula is C12H15ClO3. The summed E-state index contributed by atoms with van der Waals surface area (Å²) >= 11 is 5.47. The van der Waals surface area contributed by atoms with E-state index in [0.717, 1.165) is 11.3 Å². The van der Waals surface area contributed by atoms with Gasteiger partial charge in [0, 0.05) is 5.88 Å². The van der Waals surface area contributed by atoms with Gasteiger partial charge >= 0.3 is 5.97 Å². The molecule has 0 N–H and O–H groups in total. The van der Waals surface area contributed by atoms with Gasteiger partial charge in [-0.05, 0) is 24.1 Å². The predicted molar refractivity (Wildman–Crippen MR) is 63.0 cm³/mol. The van der Waals surface area contributed by atoms with E-state index in [4.69, 9.17) is 21.1 Å². The minimum atomic E-state index is -0.227. The lowest BCUT2D eigenvalue weighted by molar-refractivity contribution is -0.142. The third-order valence-electron chi connectivity index (χ3n) is 2.05. The molecule has 0 unspecified atom stereocenters. The first-order valence-corrected chi connectivity index (χ1v) is 5.64. The molecule has 16 heavy (non-hydrogen) atoms. The van der Waals surface area contributed by atoms with Gasteiger partial charge in [0.15, 0.2) is 0 Å². The summed E-state index contributed by atoms with van der Waals surface area (Å²) < 4.78 is 10.0. The molecule has 0 heterocycles. The number of ether oxygens (including phenoxy) is 2. The molecule has 0 bridgehead atoms. The number of benzene rings is 1. The Morgan fingerprint density at radius 3 is 2.56 bits per heavy atom. The van der Waals surface area contributed by atoms with Crippen LogP contribution in [-0.4, -0.2) is 25.6 Å². The third kappa shape index (κ3) is 4.53. The van der Waals surface area contributed by atoms with E-state index in [2.05, 4.69) is 0 Å². The zero-order valence-corrected chi connectivity index (χ0v) is 10.00. The van der Waals surface area contributed by atoms with Crippen molar-refractivity contribution in [1.82, 2.24) is 0 Å². The number of halogens is 1. The summed E-state index contributed by atoms with van der Waals surface area (Å²) in [4.78, 5) is 11.3. The van der Waals surface area contributed by atoms with Gasteiger partial charge in [0.05, 0.1) is 20.1 Å². The maximum absolute atomic E-state index is 11.3. The van der Waals surface area contributed by atoms with Gasteiger partial charge in [0.1, 0.15) is 5.75 Å². The zero-order chi connectivity index (χ0) is 11.8. The highest BCUT2D eigenvalue weighted by Gasteiger charge is 2.04. The molecule has 0 atom stereocenters. The molecule has 0 spiro atoms. The lowest BCUT2D eigenvalue weighted by atomic mass is 10.1. The van der Waals surface area contributed by atoms with Crippen LogP contribution in [0.5, 0.6) is 5.75 Å². The van der Waals surface area contributed by atoms with Crippen LogP contribution < -0.4 is 4.74 Å². The summed E-state index contributed by atoms with van der Waals surface area (Å²) in [7, 11) is 1.61. The van der Waals surface area contributed by atoms with Crippen LogP contribution in [0.2, 0.25) is 0 Å². The molecular weight excluding hydrogens is 228 g/mol. The minimum absolute atomic E-state index is 0.227. The Bertz CT molecular complexity index is 322. The van der Waals surface area contributed by atoms with Crippen LogP contribution in [0, 0.1) is 0 Å². The summed E-state index contributed by atoms with van der Waals surface area (Å²) in [5, 5.41) is 0. The Labute approximate surface area is 100 Å². The van der Waals surface area contributed by atoms with E-state index in [0.29, 0.717) is 18.9 Å². The van der Waals surface area contributed by atoms with Crippen LogP contribution >= 0.6 is 11.6 Å². The van der Waals surface area contributed by atoms with Crippen LogP contribution in [0.3, 0.4) is 0 Å². The van der Waals surface area contributed by atoms with Gasteiger partial charge in [-0.15, -0.1) is 11.6 Å². The average Bonchev–Trinajstić information content (AvgIpc) is 2.30. The third-order valence-corrected chi connectivity index (χ3v) is 2.32.